The number of hydrogen-bond donors (Lipinski definition) is 0. The molecule has 0 N–H and O–H groups in total. The molecule has 3 aromatic rings. The lowest BCUT2D eigenvalue weighted by atomic mass is 10.1. The van der Waals surface area contributed by atoms with Crippen molar-refractivity contribution in [2.75, 3.05) is 0 Å². The summed E-state index contributed by atoms with van der Waals surface area (Å²) < 4.78 is 15.8. The van der Waals surface area contributed by atoms with Crippen molar-refractivity contribution < 1.29 is 4.39 Å². The van der Waals surface area contributed by atoms with Crippen LogP contribution in [0.25, 0.3) is 0 Å². The van der Waals surface area contributed by atoms with Crippen molar-refractivity contribution in [1.82, 2.24) is 14.8 Å². The maximum Gasteiger partial charge on any atom is 0.191 e. The van der Waals surface area contributed by atoms with Gasteiger partial charge >= 0.3 is 0 Å². The molecule has 0 saturated heterocycles. The number of halogens is 2. The Balaban J connectivity index is 1.74. The minimum absolute atomic E-state index is 0.186. The molecule has 0 aliphatic rings. The van der Waals surface area contributed by atoms with Gasteiger partial charge in [0.25, 0.3) is 0 Å². The van der Waals surface area contributed by atoms with E-state index in [4.69, 9.17) is 11.6 Å². The van der Waals surface area contributed by atoms with Gasteiger partial charge in [0.1, 0.15) is 11.6 Å². The number of nitrogens with zero attached hydrogens (tertiary/aromatic N) is 3. The molecule has 6 heteroatoms. The third kappa shape index (κ3) is 3.97. The van der Waals surface area contributed by atoms with Gasteiger partial charge in [-0.05, 0) is 36.2 Å². The zero-order valence-electron chi connectivity index (χ0n) is 13.2. The molecule has 1 aromatic heterocycles. The summed E-state index contributed by atoms with van der Waals surface area (Å²) in [5.74, 6) is 1.25. The average molecular weight is 362 g/mol. The molecule has 3 nitrogen and oxygen atoms in total. The summed E-state index contributed by atoms with van der Waals surface area (Å²) in [6.07, 6.45) is 0.693. The van der Waals surface area contributed by atoms with E-state index in [0.29, 0.717) is 17.7 Å². The fraction of sp³-hybridized carbons (Fsp3) is 0.222. The van der Waals surface area contributed by atoms with Gasteiger partial charge in [-0.25, -0.2) is 4.39 Å². The number of aromatic nitrogens is 3. The van der Waals surface area contributed by atoms with Crippen LogP contribution in [-0.4, -0.2) is 14.8 Å². The molecule has 24 heavy (non-hydrogen) atoms. The van der Waals surface area contributed by atoms with Crippen LogP contribution in [0, 0.1) is 5.82 Å². The average Bonchev–Trinajstić information content (AvgIpc) is 2.98. The topological polar surface area (TPSA) is 30.7 Å². The van der Waals surface area contributed by atoms with E-state index in [0.717, 1.165) is 28.1 Å². The van der Waals surface area contributed by atoms with Gasteiger partial charge in [-0.15, -0.1) is 10.2 Å². The van der Waals surface area contributed by atoms with E-state index in [-0.39, 0.29) is 5.82 Å². The molecule has 0 aliphatic carbocycles. The molecule has 0 fully saturated rings. The molecule has 0 unspecified atom stereocenters. The predicted octanol–water partition coefficient (Wildman–Crippen LogP) is 4.97. The Morgan fingerprint density at radius 1 is 1.08 bits per heavy atom. The van der Waals surface area contributed by atoms with E-state index in [1.807, 2.05) is 30.3 Å². The summed E-state index contributed by atoms with van der Waals surface area (Å²) in [6.45, 7) is 2.83. The van der Waals surface area contributed by atoms with Gasteiger partial charge in [0, 0.05) is 23.7 Å². The Labute approximate surface area is 149 Å². The first-order valence-corrected chi connectivity index (χ1v) is 9.06. The summed E-state index contributed by atoms with van der Waals surface area (Å²) in [7, 11) is 0. The maximum atomic E-state index is 13.7. The second-order valence-electron chi connectivity index (χ2n) is 5.33. The molecule has 3 rings (SSSR count). The zero-order valence-corrected chi connectivity index (χ0v) is 14.8. The molecule has 0 aliphatic heterocycles. The van der Waals surface area contributed by atoms with Crippen LogP contribution in [0.2, 0.25) is 5.02 Å². The predicted molar refractivity (Wildman–Crippen MR) is 95.9 cm³/mol. The minimum atomic E-state index is -0.186. The Hall–Kier alpha value is -1.85. The van der Waals surface area contributed by atoms with Crippen molar-refractivity contribution in [1.29, 1.82) is 0 Å². The van der Waals surface area contributed by atoms with Gasteiger partial charge in [0.2, 0.25) is 0 Å². The lowest BCUT2D eigenvalue weighted by Gasteiger charge is -2.08. The molecule has 124 valence electrons. The van der Waals surface area contributed by atoms with Crippen LogP contribution in [0.5, 0.6) is 0 Å². The summed E-state index contributed by atoms with van der Waals surface area (Å²) in [5, 5.41) is 10.1. The standard InChI is InChI=1S/C18H17ClFN3S/c1-2-23-17(11-13-7-9-15(19)10-8-13)21-22-18(23)24-12-14-5-3-4-6-16(14)20/h3-10H,2,11-12H2,1H3. The first-order chi connectivity index (χ1) is 11.7. The van der Waals surface area contributed by atoms with Gasteiger partial charge < -0.3 is 4.57 Å². The summed E-state index contributed by atoms with van der Waals surface area (Å²) in [5.41, 5.74) is 1.81. The quantitative estimate of drug-likeness (QED) is 0.580. The third-order valence-electron chi connectivity index (χ3n) is 3.70. The van der Waals surface area contributed by atoms with Crippen LogP contribution < -0.4 is 0 Å². The highest BCUT2D eigenvalue weighted by Gasteiger charge is 2.13. The van der Waals surface area contributed by atoms with Gasteiger partial charge in [-0.1, -0.05) is 53.7 Å². The zero-order chi connectivity index (χ0) is 16.9. The number of hydrogen-bond acceptors (Lipinski definition) is 3. The molecule has 0 saturated carbocycles. The maximum absolute atomic E-state index is 13.7. The Morgan fingerprint density at radius 3 is 2.54 bits per heavy atom. The molecular weight excluding hydrogens is 345 g/mol. The van der Waals surface area contributed by atoms with Crippen LogP contribution in [0.4, 0.5) is 4.39 Å². The Morgan fingerprint density at radius 2 is 1.83 bits per heavy atom. The van der Waals surface area contributed by atoms with Crippen LogP contribution in [0.3, 0.4) is 0 Å². The highest BCUT2D eigenvalue weighted by atomic mass is 35.5. The van der Waals surface area contributed by atoms with Gasteiger partial charge in [0.05, 0.1) is 0 Å². The minimum Gasteiger partial charge on any atom is -0.306 e. The van der Waals surface area contributed by atoms with Gasteiger partial charge in [-0.2, -0.15) is 0 Å². The molecule has 0 amide bonds. The highest BCUT2D eigenvalue weighted by Crippen LogP contribution is 2.24. The third-order valence-corrected chi connectivity index (χ3v) is 4.97. The smallest absolute Gasteiger partial charge is 0.191 e. The van der Waals surface area contributed by atoms with Crippen molar-refractivity contribution in [2.24, 2.45) is 0 Å². The summed E-state index contributed by atoms with van der Waals surface area (Å²) in [4.78, 5) is 0. The van der Waals surface area contributed by atoms with E-state index in [9.17, 15) is 4.39 Å². The second-order valence-corrected chi connectivity index (χ2v) is 6.71. The monoisotopic (exact) mass is 361 g/mol. The molecule has 1 heterocycles. The Kier molecular flexibility index (Phi) is 5.53. The van der Waals surface area contributed by atoms with Crippen molar-refractivity contribution in [2.45, 2.75) is 30.8 Å². The molecule has 0 spiro atoms. The molecular formula is C18H17ClFN3S. The number of benzene rings is 2. The van der Waals surface area contributed by atoms with Crippen molar-refractivity contribution in [3.8, 4) is 0 Å². The van der Waals surface area contributed by atoms with Crippen molar-refractivity contribution in [3.05, 3.63) is 76.3 Å². The molecule has 0 radical (unpaired) electrons. The number of thioether (sulfide) groups is 1. The fourth-order valence-electron chi connectivity index (χ4n) is 2.42. The normalized spacial score (nSPS) is 11.0. The first kappa shape index (κ1) is 17.0. The lowest BCUT2D eigenvalue weighted by Crippen LogP contribution is -2.04. The van der Waals surface area contributed by atoms with E-state index in [1.165, 1.54) is 17.8 Å². The lowest BCUT2D eigenvalue weighted by molar-refractivity contribution is 0.616. The van der Waals surface area contributed by atoms with Crippen LogP contribution in [-0.2, 0) is 18.7 Å². The SMILES string of the molecule is CCn1c(Cc2ccc(Cl)cc2)nnc1SCc1ccccc1F. The van der Waals surface area contributed by atoms with E-state index >= 15 is 0 Å². The summed E-state index contributed by atoms with van der Waals surface area (Å²) in [6, 6.07) is 14.5. The van der Waals surface area contributed by atoms with Crippen molar-refractivity contribution in [3.63, 3.8) is 0 Å². The first-order valence-electron chi connectivity index (χ1n) is 7.70. The van der Waals surface area contributed by atoms with E-state index in [1.54, 1.807) is 12.1 Å². The van der Waals surface area contributed by atoms with Gasteiger partial charge in [-0.3, -0.25) is 0 Å². The largest absolute Gasteiger partial charge is 0.306 e. The van der Waals surface area contributed by atoms with Crippen molar-refractivity contribution >= 4 is 23.4 Å². The van der Waals surface area contributed by atoms with Crippen LogP contribution >= 0.6 is 23.4 Å². The molecule has 0 bridgehead atoms. The number of rotatable bonds is 6. The fourth-order valence-corrected chi connectivity index (χ4v) is 3.55. The summed E-state index contributed by atoms with van der Waals surface area (Å²) >= 11 is 7.42. The van der Waals surface area contributed by atoms with E-state index in [2.05, 4.69) is 21.7 Å². The highest BCUT2D eigenvalue weighted by molar-refractivity contribution is 7.98. The molecule has 0 atom stereocenters. The van der Waals surface area contributed by atoms with E-state index < -0.39 is 0 Å². The Bertz CT molecular complexity index is 817. The van der Waals surface area contributed by atoms with Crippen LogP contribution in [0.15, 0.2) is 53.7 Å². The van der Waals surface area contributed by atoms with Crippen LogP contribution in [0.1, 0.15) is 23.9 Å². The second kappa shape index (κ2) is 7.81. The molecule has 2 aromatic carbocycles. The van der Waals surface area contributed by atoms with Gasteiger partial charge in [0.15, 0.2) is 5.16 Å².